The van der Waals surface area contributed by atoms with Crippen LogP contribution in [0.4, 0.5) is 4.79 Å². The van der Waals surface area contributed by atoms with E-state index in [1.807, 2.05) is 0 Å². The molecule has 0 atom stereocenters. The van der Waals surface area contributed by atoms with E-state index in [1.165, 1.54) is 0 Å². The lowest BCUT2D eigenvalue weighted by atomic mass is 10.0. The second-order valence-corrected chi connectivity index (χ2v) is 4.21. The molecule has 0 aliphatic heterocycles. The molecule has 3 N–H and O–H groups in total. The molecule has 1 heterocycles. The summed E-state index contributed by atoms with van der Waals surface area (Å²) in [4.78, 5) is 10.6. The van der Waals surface area contributed by atoms with Crippen molar-refractivity contribution in [3.05, 3.63) is 23.7 Å². The van der Waals surface area contributed by atoms with Crippen LogP contribution in [0.25, 0.3) is 0 Å². The fourth-order valence-corrected chi connectivity index (χ4v) is 1.39. The van der Waals surface area contributed by atoms with E-state index in [-0.39, 0.29) is 6.61 Å². The van der Waals surface area contributed by atoms with Gasteiger partial charge in [0, 0.05) is 6.42 Å². The summed E-state index contributed by atoms with van der Waals surface area (Å²) in [6.07, 6.45) is 0.453. The summed E-state index contributed by atoms with van der Waals surface area (Å²) < 4.78 is 10.3. The van der Waals surface area contributed by atoms with Crippen molar-refractivity contribution in [1.82, 2.24) is 0 Å². The van der Waals surface area contributed by atoms with Crippen LogP contribution in [-0.4, -0.2) is 16.8 Å². The zero-order valence-corrected chi connectivity index (χ0v) is 9.53. The molecule has 5 nitrogen and oxygen atoms in total. The van der Waals surface area contributed by atoms with Gasteiger partial charge in [-0.15, -0.1) is 0 Å². The van der Waals surface area contributed by atoms with Gasteiger partial charge in [0.15, 0.2) is 0 Å². The minimum atomic E-state index is -0.777. The van der Waals surface area contributed by atoms with Crippen LogP contribution in [0.15, 0.2) is 16.5 Å². The lowest BCUT2D eigenvalue weighted by molar-refractivity contribution is 0.0383. The van der Waals surface area contributed by atoms with Gasteiger partial charge in [-0.2, -0.15) is 0 Å². The van der Waals surface area contributed by atoms with E-state index in [0.29, 0.717) is 18.6 Å². The highest BCUT2D eigenvalue weighted by molar-refractivity contribution is 5.65. The molecule has 0 radical (unpaired) electrons. The molecule has 90 valence electrons. The molecule has 1 aromatic rings. The summed E-state index contributed by atoms with van der Waals surface area (Å²) in [6, 6.07) is 3.52. The molecule has 0 fully saturated rings. The van der Waals surface area contributed by atoms with Crippen molar-refractivity contribution >= 4 is 6.09 Å². The standard InChI is InChI=1S/C11H17NO4/c1-11(2,16-10(12)14)6-5-8-3-4-9(7-13)15-8/h3-4,13H,5-7H2,1-2H3,(H2,12,14). The Bertz CT molecular complexity index is 357. The summed E-state index contributed by atoms with van der Waals surface area (Å²) in [5.41, 5.74) is 4.34. The van der Waals surface area contributed by atoms with Crippen LogP contribution in [0.5, 0.6) is 0 Å². The number of carbonyl (C=O) groups excluding carboxylic acids is 1. The molecule has 0 bridgehead atoms. The maximum atomic E-state index is 10.6. The zero-order chi connectivity index (χ0) is 12.2. The number of hydrogen-bond acceptors (Lipinski definition) is 4. The molecule has 1 aromatic heterocycles. The van der Waals surface area contributed by atoms with Crippen LogP contribution in [-0.2, 0) is 17.8 Å². The van der Waals surface area contributed by atoms with Crippen molar-refractivity contribution in [2.75, 3.05) is 0 Å². The molecule has 0 aliphatic carbocycles. The van der Waals surface area contributed by atoms with E-state index < -0.39 is 11.7 Å². The van der Waals surface area contributed by atoms with Gasteiger partial charge in [-0.3, -0.25) is 0 Å². The summed E-state index contributed by atoms with van der Waals surface area (Å²) in [5, 5.41) is 8.82. The van der Waals surface area contributed by atoms with Crippen molar-refractivity contribution in [3.63, 3.8) is 0 Å². The molecule has 5 heteroatoms. The van der Waals surface area contributed by atoms with Gasteiger partial charge in [0.25, 0.3) is 0 Å². The quantitative estimate of drug-likeness (QED) is 0.799. The highest BCUT2D eigenvalue weighted by Gasteiger charge is 2.21. The number of aliphatic hydroxyl groups excluding tert-OH is 1. The number of carbonyl (C=O) groups is 1. The lowest BCUT2D eigenvalue weighted by Crippen LogP contribution is -2.31. The third-order valence-electron chi connectivity index (χ3n) is 2.22. The number of amides is 1. The number of aryl methyl sites for hydroxylation is 1. The van der Waals surface area contributed by atoms with Crippen molar-refractivity contribution in [2.45, 2.75) is 38.9 Å². The Balaban J connectivity index is 2.47. The molecule has 1 rings (SSSR count). The first kappa shape index (κ1) is 12.6. The number of ether oxygens (including phenoxy) is 1. The molecule has 0 saturated heterocycles. The van der Waals surface area contributed by atoms with E-state index in [2.05, 4.69) is 0 Å². The fourth-order valence-electron chi connectivity index (χ4n) is 1.39. The van der Waals surface area contributed by atoms with Crippen molar-refractivity contribution < 1.29 is 19.1 Å². The predicted octanol–water partition coefficient (Wildman–Crippen LogP) is 1.58. The maximum absolute atomic E-state index is 10.6. The third-order valence-corrected chi connectivity index (χ3v) is 2.22. The van der Waals surface area contributed by atoms with Crippen LogP contribution in [0.3, 0.4) is 0 Å². The third kappa shape index (κ3) is 3.94. The zero-order valence-electron chi connectivity index (χ0n) is 9.53. The number of rotatable bonds is 5. The van der Waals surface area contributed by atoms with Gasteiger partial charge in [-0.25, -0.2) is 4.79 Å². The van der Waals surface area contributed by atoms with Gasteiger partial charge in [0.2, 0.25) is 0 Å². The number of aliphatic hydroxyl groups is 1. The number of primary amides is 1. The summed E-state index contributed by atoms with van der Waals surface area (Å²) in [5.74, 6) is 1.29. The predicted molar refractivity (Wildman–Crippen MR) is 57.7 cm³/mol. The van der Waals surface area contributed by atoms with E-state index >= 15 is 0 Å². The molecular formula is C11H17NO4. The van der Waals surface area contributed by atoms with E-state index in [0.717, 1.165) is 5.76 Å². The fraction of sp³-hybridized carbons (Fsp3) is 0.545. The number of nitrogens with two attached hydrogens (primary N) is 1. The second-order valence-electron chi connectivity index (χ2n) is 4.21. The molecule has 0 aliphatic rings. The molecule has 0 spiro atoms. The van der Waals surface area contributed by atoms with E-state index in [4.69, 9.17) is 20.0 Å². The Morgan fingerprint density at radius 2 is 2.12 bits per heavy atom. The average molecular weight is 227 g/mol. The maximum Gasteiger partial charge on any atom is 0.405 e. The van der Waals surface area contributed by atoms with Gasteiger partial charge >= 0.3 is 6.09 Å². The second kappa shape index (κ2) is 5.03. The Labute approximate surface area is 94.2 Å². The summed E-state index contributed by atoms with van der Waals surface area (Å²) >= 11 is 0. The van der Waals surface area contributed by atoms with Crippen LogP contribution in [0.2, 0.25) is 0 Å². The number of furan rings is 1. The highest BCUT2D eigenvalue weighted by Crippen LogP contribution is 2.19. The molecule has 1 amide bonds. The van der Waals surface area contributed by atoms with Crippen molar-refractivity contribution in [2.24, 2.45) is 5.73 Å². The first-order valence-electron chi connectivity index (χ1n) is 5.10. The number of hydrogen-bond donors (Lipinski definition) is 2. The molecular weight excluding hydrogens is 210 g/mol. The molecule has 0 unspecified atom stereocenters. The van der Waals surface area contributed by atoms with Crippen molar-refractivity contribution in [3.8, 4) is 0 Å². The van der Waals surface area contributed by atoms with Crippen LogP contribution in [0, 0.1) is 0 Å². The largest absolute Gasteiger partial charge is 0.464 e. The summed E-state index contributed by atoms with van der Waals surface area (Å²) in [7, 11) is 0. The minimum absolute atomic E-state index is 0.110. The molecule has 0 saturated carbocycles. The monoisotopic (exact) mass is 227 g/mol. The minimum Gasteiger partial charge on any atom is -0.464 e. The first-order valence-corrected chi connectivity index (χ1v) is 5.10. The van der Waals surface area contributed by atoms with Gasteiger partial charge in [-0.05, 0) is 32.4 Å². The SMILES string of the molecule is CC(C)(CCc1ccc(CO)o1)OC(N)=O. The normalized spacial score (nSPS) is 11.4. The Hall–Kier alpha value is -1.49. The van der Waals surface area contributed by atoms with Crippen LogP contribution in [0.1, 0.15) is 31.8 Å². The van der Waals surface area contributed by atoms with Crippen LogP contribution >= 0.6 is 0 Å². The summed E-state index contributed by atoms with van der Waals surface area (Å²) in [6.45, 7) is 3.46. The Kier molecular flexibility index (Phi) is 3.95. The Morgan fingerprint density at radius 1 is 1.50 bits per heavy atom. The van der Waals surface area contributed by atoms with Crippen molar-refractivity contribution in [1.29, 1.82) is 0 Å². The topological polar surface area (TPSA) is 85.7 Å². The highest BCUT2D eigenvalue weighted by atomic mass is 16.6. The first-order chi connectivity index (χ1) is 7.43. The molecule has 0 aromatic carbocycles. The smallest absolute Gasteiger partial charge is 0.405 e. The van der Waals surface area contributed by atoms with Crippen LogP contribution < -0.4 is 5.73 Å². The average Bonchev–Trinajstić information content (AvgIpc) is 2.60. The van der Waals surface area contributed by atoms with E-state index in [9.17, 15) is 4.79 Å². The lowest BCUT2D eigenvalue weighted by Gasteiger charge is -2.23. The van der Waals surface area contributed by atoms with Gasteiger partial charge in [-0.1, -0.05) is 0 Å². The van der Waals surface area contributed by atoms with E-state index in [1.54, 1.807) is 26.0 Å². The Morgan fingerprint density at radius 3 is 2.62 bits per heavy atom. The van der Waals surface area contributed by atoms with Gasteiger partial charge < -0.3 is 20.0 Å². The van der Waals surface area contributed by atoms with Gasteiger partial charge in [0.1, 0.15) is 23.7 Å². The molecule has 16 heavy (non-hydrogen) atoms. The van der Waals surface area contributed by atoms with Gasteiger partial charge in [0.05, 0.1) is 0 Å².